The second-order valence-corrected chi connectivity index (χ2v) is 8.20. The Labute approximate surface area is 193 Å². The smallest absolute Gasteiger partial charge is 0.383 e. The molecule has 3 aromatic rings. The summed E-state index contributed by atoms with van der Waals surface area (Å²) in [4.78, 5) is 16.7. The van der Waals surface area contributed by atoms with Crippen molar-refractivity contribution in [1.29, 1.82) is 0 Å². The zero-order valence-electron chi connectivity index (χ0n) is 18.5. The molecule has 0 saturated heterocycles. The SMILES string of the molecule is COCCN1CC2=C(C1=O)C(c1ccc(C)cc1)n1nnnc1N2c1cccc(C(F)(F)F)c1. The highest BCUT2D eigenvalue weighted by Gasteiger charge is 2.46. The molecule has 2 aliphatic rings. The van der Waals surface area contributed by atoms with Gasteiger partial charge in [-0.15, -0.1) is 0 Å². The van der Waals surface area contributed by atoms with E-state index in [9.17, 15) is 18.0 Å². The van der Waals surface area contributed by atoms with Crippen molar-refractivity contribution in [2.75, 3.05) is 31.7 Å². The number of hydrogen-bond donors (Lipinski definition) is 0. The quantitative estimate of drug-likeness (QED) is 0.568. The van der Waals surface area contributed by atoms with Crippen LogP contribution >= 0.6 is 0 Å². The molecule has 0 N–H and O–H groups in total. The monoisotopic (exact) mass is 470 g/mol. The lowest BCUT2D eigenvalue weighted by Gasteiger charge is -2.33. The zero-order valence-corrected chi connectivity index (χ0v) is 18.5. The summed E-state index contributed by atoms with van der Waals surface area (Å²) in [5.74, 6) is 0.0146. The highest BCUT2D eigenvalue weighted by molar-refractivity contribution is 6.00. The van der Waals surface area contributed by atoms with E-state index < -0.39 is 17.8 Å². The third-order valence-corrected chi connectivity index (χ3v) is 6.02. The van der Waals surface area contributed by atoms with Gasteiger partial charge in [0, 0.05) is 19.3 Å². The van der Waals surface area contributed by atoms with Gasteiger partial charge in [-0.1, -0.05) is 41.0 Å². The van der Waals surface area contributed by atoms with Gasteiger partial charge in [0.2, 0.25) is 0 Å². The first-order valence-electron chi connectivity index (χ1n) is 10.6. The third kappa shape index (κ3) is 3.61. The normalized spacial score (nSPS) is 17.9. The van der Waals surface area contributed by atoms with E-state index in [0.29, 0.717) is 24.4 Å². The van der Waals surface area contributed by atoms with Crippen molar-refractivity contribution < 1.29 is 22.7 Å². The molecule has 0 bridgehead atoms. The van der Waals surface area contributed by atoms with Crippen molar-refractivity contribution in [3.63, 3.8) is 0 Å². The van der Waals surface area contributed by atoms with E-state index in [1.165, 1.54) is 10.7 Å². The molecular weight excluding hydrogens is 449 g/mol. The van der Waals surface area contributed by atoms with Crippen LogP contribution in [0.2, 0.25) is 0 Å². The maximum absolute atomic E-state index is 13.6. The Morgan fingerprint density at radius 3 is 2.62 bits per heavy atom. The largest absolute Gasteiger partial charge is 0.416 e. The van der Waals surface area contributed by atoms with Crippen LogP contribution in [0.1, 0.15) is 22.7 Å². The molecule has 8 nitrogen and oxygen atoms in total. The number of alkyl halides is 3. The molecule has 0 spiro atoms. The number of carbonyl (C=O) groups excluding carboxylic acids is 1. The fourth-order valence-electron chi connectivity index (χ4n) is 4.37. The number of halogens is 3. The van der Waals surface area contributed by atoms with Crippen LogP contribution < -0.4 is 4.90 Å². The van der Waals surface area contributed by atoms with E-state index in [-0.39, 0.29) is 24.1 Å². The molecule has 2 aromatic carbocycles. The maximum Gasteiger partial charge on any atom is 0.416 e. The molecule has 1 unspecified atom stereocenters. The number of fused-ring (bicyclic) bond motifs is 1. The Bertz CT molecular complexity index is 1270. The van der Waals surface area contributed by atoms with Gasteiger partial charge in [-0.05, 0) is 41.1 Å². The van der Waals surface area contributed by atoms with Crippen molar-refractivity contribution in [2.24, 2.45) is 0 Å². The molecule has 3 heterocycles. The number of tetrazole rings is 1. The predicted molar refractivity (Wildman–Crippen MR) is 116 cm³/mol. The van der Waals surface area contributed by atoms with E-state index in [2.05, 4.69) is 15.5 Å². The average molecular weight is 470 g/mol. The second-order valence-electron chi connectivity index (χ2n) is 8.20. The zero-order chi connectivity index (χ0) is 24.0. The van der Waals surface area contributed by atoms with Gasteiger partial charge in [0.1, 0.15) is 6.04 Å². The lowest BCUT2D eigenvalue weighted by molar-refractivity contribution is -0.137. The molecule has 5 rings (SSSR count). The first-order valence-corrected chi connectivity index (χ1v) is 10.6. The van der Waals surface area contributed by atoms with E-state index >= 15 is 0 Å². The molecule has 2 aliphatic heterocycles. The topological polar surface area (TPSA) is 76.4 Å². The number of aromatic nitrogens is 4. The molecule has 0 saturated carbocycles. The summed E-state index contributed by atoms with van der Waals surface area (Å²) >= 11 is 0. The molecule has 1 aromatic heterocycles. The molecule has 1 atom stereocenters. The number of ether oxygens (including phenoxy) is 1. The van der Waals surface area contributed by atoms with Crippen molar-refractivity contribution in [3.8, 4) is 0 Å². The van der Waals surface area contributed by atoms with Gasteiger partial charge >= 0.3 is 6.18 Å². The highest BCUT2D eigenvalue weighted by atomic mass is 19.4. The van der Waals surface area contributed by atoms with Crippen LogP contribution in [0.3, 0.4) is 0 Å². The summed E-state index contributed by atoms with van der Waals surface area (Å²) in [7, 11) is 1.54. The summed E-state index contributed by atoms with van der Waals surface area (Å²) in [6.45, 7) is 2.83. The molecule has 0 radical (unpaired) electrons. The van der Waals surface area contributed by atoms with Crippen LogP contribution in [0.5, 0.6) is 0 Å². The van der Waals surface area contributed by atoms with E-state index in [0.717, 1.165) is 23.3 Å². The summed E-state index contributed by atoms with van der Waals surface area (Å²) in [5.41, 5.74) is 2.26. The first kappa shape index (κ1) is 22.1. The van der Waals surface area contributed by atoms with Crippen LogP contribution in [0, 0.1) is 6.92 Å². The predicted octanol–water partition coefficient (Wildman–Crippen LogP) is 3.48. The highest BCUT2D eigenvalue weighted by Crippen LogP contribution is 2.45. The second kappa shape index (κ2) is 8.24. The molecule has 0 aliphatic carbocycles. The lowest BCUT2D eigenvalue weighted by Crippen LogP contribution is -2.33. The van der Waals surface area contributed by atoms with E-state index in [1.54, 1.807) is 23.0 Å². The summed E-state index contributed by atoms with van der Waals surface area (Å²) in [5, 5.41) is 12.1. The number of aryl methyl sites for hydroxylation is 1. The van der Waals surface area contributed by atoms with Gasteiger partial charge in [0.25, 0.3) is 11.9 Å². The van der Waals surface area contributed by atoms with Crippen LogP contribution in [-0.2, 0) is 15.7 Å². The van der Waals surface area contributed by atoms with Gasteiger partial charge in [0.05, 0.1) is 30.0 Å². The lowest BCUT2D eigenvalue weighted by atomic mass is 9.95. The van der Waals surface area contributed by atoms with Crippen LogP contribution in [0.25, 0.3) is 0 Å². The van der Waals surface area contributed by atoms with E-state index in [1.807, 2.05) is 31.2 Å². The van der Waals surface area contributed by atoms with Crippen molar-refractivity contribution >= 4 is 17.5 Å². The summed E-state index contributed by atoms with van der Waals surface area (Å²) in [6.07, 6.45) is -4.52. The first-order chi connectivity index (χ1) is 16.3. The number of carbonyl (C=O) groups is 1. The van der Waals surface area contributed by atoms with Crippen LogP contribution in [-0.4, -0.2) is 57.8 Å². The Kier molecular flexibility index (Phi) is 5.35. The van der Waals surface area contributed by atoms with Crippen molar-refractivity contribution in [1.82, 2.24) is 25.1 Å². The number of nitrogens with zero attached hydrogens (tertiary/aromatic N) is 6. The number of anilines is 2. The van der Waals surface area contributed by atoms with Crippen molar-refractivity contribution in [2.45, 2.75) is 19.1 Å². The average Bonchev–Trinajstić information content (AvgIpc) is 3.41. The Morgan fingerprint density at radius 1 is 1.15 bits per heavy atom. The maximum atomic E-state index is 13.6. The Balaban J connectivity index is 1.69. The van der Waals surface area contributed by atoms with Gasteiger partial charge in [-0.2, -0.15) is 17.9 Å². The van der Waals surface area contributed by atoms with Gasteiger partial charge < -0.3 is 9.64 Å². The number of benzene rings is 2. The van der Waals surface area contributed by atoms with Crippen molar-refractivity contribution in [3.05, 3.63) is 76.5 Å². The molecule has 0 fully saturated rings. The van der Waals surface area contributed by atoms with Gasteiger partial charge in [-0.3, -0.25) is 9.69 Å². The number of methoxy groups -OCH3 is 1. The van der Waals surface area contributed by atoms with Gasteiger partial charge in [0.15, 0.2) is 0 Å². The summed E-state index contributed by atoms with van der Waals surface area (Å²) in [6, 6.07) is 12.0. The Morgan fingerprint density at radius 2 is 1.91 bits per heavy atom. The number of rotatable bonds is 5. The third-order valence-electron chi connectivity index (χ3n) is 6.02. The van der Waals surface area contributed by atoms with E-state index in [4.69, 9.17) is 4.74 Å². The standard InChI is InChI=1S/C23H21F3N6O2/c1-14-6-8-15(9-7-14)20-19-18(13-30(21(19)33)10-11-34-2)31(22-27-28-29-32(20)22)17-5-3-4-16(12-17)23(24,25)26/h3-9,12,20H,10-11,13H2,1-2H3. The fraction of sp³-hybridized carbons (Fsp3) is 0.304. The molecular formula is C23H21F3N6O2. The minimum Gasteiger partial charge on any atom is -0.383 e. The number of hydrogen-bond acceptors (Lipinski definition) is 6. The fourth-order valence-corrected chi connectivity index (χ4v) is 4.37. The minimum atomic E-state index is -4.52. The molecule has 1 amide bonds. The molecule has 34 heavy (non-hydrogen) atoms. The Hall–Kier alpha value is -3.73. The molecule has 176 valence electrons. The van der Waals surface area contributed by atoms with Crippen LogP contribution in [0.15, 0.2) is 59.8 Å². The number of amides is 1. The summed E-state index contributed by atoms with van der Waals surface area (Å²) < 4.78 is 47.0. The van der Waals surface area contributed by atoms with Crippen LogP contribution in [0.4, 0.5) is 24.8 Å². The van der Waals surface area contributed by atoms with Gasteiger partial charge in [-0.25, -0.2) is 0 Å². The minimum absolute atomic E-state index is 0.197. The molecule has 11 heteroatoms.